The van der Waals surface area contributed by atoms with Crippen LogP contribution in [0.1, 0.15) is 55.7 Å². The van der Waals surface area contributed by atoms with Crippen molar-refractivity contribution in [2.45, 2.75) is 45.8 Å². The molecule has 1 aliphatic rings. The highest BCUT2D eigenvalue weighted by Crippen LogP contribution is 2.20. The number of aromatic nitrogens is 2. The number of ketones is 1. The van der Waals surface area contributed by atoms with Crippen molar-refractivity contribution in [1.29, 1.82) is 0 Å². The predicted octanol–water partition coefficient (Wildman–Crippen LogP) is 2.65. The molecule has 0 unspecified atom stereocenters. The van der Waals surface area contributed by atoms with Crippen molar-refractivity contribution in [3.63, 3.8) is 0 Å². The summed E-state index contributed by atoms with van der Waals surface area (Å²) < 4.78 is 0. The van der Waals surface area contributed by atoms with E-state index in [4.69, 9.17) is 4.98 Å². The van der Waals surface area contributed by atoms with Crippen LogP contribution in [0.5, 0.6) is 0 Å². The van der Waals surface area contributed by atoms with E-state index in [9.17, 15) is 9.90 Å². The normalized spacial score (nSPS) is 16.9. The van der Waals surface area contributed by atoms with Gasteiger partial charge in [-0.3, -0.25) is 9.78 Å². The zero-order chi connectivity index (χ0) is 21.7. The van der Waals surface area contributed by atoms with Crippen molar-refractivity contribution in [2.24, 2.45) is 5.92 Å². The number of nitrogens with zero attached hydrogens (tertiary/aromatic N) is 3. The molecule has 1 saturated heterocycles. The first-order chi connectivity index (χ1) is 14.2. The van der Waals surface area contributed by atoms with Gasteiger partial charge >= 0.3 is 0 Å². The Morgan fingerprint density at radius 1 is 1.37 bits per heavy atom. The molecule has 30 heavy (non-hydrogen) atoms. The van der Waals surface area contributed by atoms with Gasteiger partial charge in [-0.05, 0) is 50.5 Å². The highest BCUT2D eigenvalue weighted by Gasteiger charge is 2.23. The van der Waals surface area contributed by atoms with E-state index in [1.165, 1.54) is 6.20 Å². The Hall–Kier alpha value is -2.75. The largest absolute Gasteiger partial charge is 0.378 e. The number of anilines is 1. The van der Waals surface area contributed by atoms with Gasteiger partial charge < -0.3 is 15.3 Å². The second-order valence-corrected chi connectivity index (χ2v) is 8.67. The summed E-state index contributed by atoms with van der Waals surface area (Å²) in [6, 6.07) is 7.58. The molecule has 1 aliphatic heterocycles. The van der Waals surface area contributed by atoms with Crippen LogP contribution >= 0.6 is 0 Å². The van der Waals surface area contributed by atoms with Crippen LogP contribution < -0.4 is 10.2 Å². The zero-order valence-electron chi connectivity index (χ0n) is 18.1. The molecule has 6 heteroatoms. The Labute approximate surface area is 178 Å². The monoisotopic (exact) mass is 406 g/mol. The van der Waals surface area contributed by atoms with E-state index in [1.54, 1.807) is 32.2 Å². The van der Waals surface area contributed by atoms with E-state index in [2.05, 4.69) is 40.9 Å². The molecule has 158 valence electrons. The Bertz CT molecular complexity index is 939. The summed E-state index contributed by atoms with van der Waals surface area (Å²) in [7, 11) is 0. The van der Waals surface area contributed by atoms with Crippen LogP contribution in [0.25, 0.3) is 0 Å². The van der Waals surface area contributed by atoms with E-state index >= 15 is 0 Å². The molecule has 2 N–H and O–H groups in total. The number of pyridine rings is 2. The van der Waals surface area contributed by atoms with Crippen LogP contribution in [0.4, 0.5) is 5.82 Å². The van der Waals surface area contributed by atoms with Crippen LogP contribution in [-0.2, 0) is 0 Å². The number of carbonyl (C=O) groups is 1. The lowest BCUT2D eigenvalue weighted by Gasteiger charge is -2.35. The maximum absolute atomic E-state index is 13.2. The first kappa shape index (κ1) is 21.9. The van der Waals surface area contributed by atoms with Crippen molar-refractivity contribution in [3.05, 3.63) is 53.5 Å². The molecular formula is C24H30N4O2. The van der Waals surface area contributed by atoms with Gasteiger partial charge in [-0.1, -0.05) is 25.7 Å². The lowest BCUT2D eigenvalue weighted by Crippen LogP contribution is -2.51. The standard InChI is InChI=1S/C24H30N4O2/c1-17(2)14-20-16-28(13-12-26-20)21-8-7-18(9-10-24(3,4)30)22(27-21)23(29)19-6-5-11-25-15-19/h5-8,11,15,17,20,26,30H,12-14,16H2,1-4H3/t20-/m0/s1. The van der Waals surface area contributed by atoms with E-state index in [0.29, 0.717) is 23.1 Å². The number of nitrogens with one attached hydrogen (secondary N) is 1. The minimum Gasteiger partial charge on any atom is -0.378 e. The van der Waals surface area contributed by atoms with Gasteiger partial charge in [-0.25, -0.2) is 4.98 Å². The van der Waals surface area contributed by atoms with Crippen molar-refractivity contribution < 1.29 is 9.90 Å². The maximum atomic E-state index is 13.2. The fraction of sp³-hybridized carbons (Fsp3) is 0.458. The van der Waals surface area contributed by atoms with Crippen LogP contribution in [-0.4, -0.2) is 52.1 Å². The summed E-state index contributed by atoms with van der Waals surface area (Å²) in [6.07, 6.45) is 4.26. The second kappa shape index (κ2) is 9.38. The smallest absolute Gasteiger partial charge is 0.214 e. The topological polar surface area (TPSA) is 78.3 Å². The van der Waals surface area contributed by atoms with Gasteiger partial charge in [0.05, 0.1) is 5.56 Å². The van der Waals surface area contributed by atoms with Gasteiger partial charge in [-0.2, -0.15) is 0 Å². The lowest BCUT2D eigenvalue weighted by atomic mass is 10.0. The van der Waals surface area contributed by atoms with E-state index in [1.807, 2.05) is 12.1 Å². The average molecular weight is 407 g/mol. The third-order valence-corrected chi connectivity index (χ3v) is 4.86. The second-order valence-electron chi connectivity index (χ2n) is 8.67. The molecule has 6 nitrogen and oxygen atoms in total. The number of hydrogen-bond acceptors (Lipinski definition) is 6. The number of rotatable bonds is 5. The predicted molar refractivity (Wildman–Crippen MR) is 119 cm³/mol. The average Bonchev–Trinajstić information content (AvgIpc) is 2.71. The molecule has 0 radical (unpaired) electrons. The molecule has 0 amide bonds. The first-order valence-corrected chi connectivity index (χ1v) is 10.4. The summed E-state index contributed by atoms with van der Waals surface area (Å²) >= 11 is 0. The fourth-order valence-corrected chi connectivity index (χ4v) is 3.51. The van der Waals surface area contributed by atoms with Crippen LogP contribution in [0, 0.1) is 17.8 Å². The molecule has 0 aliphatic carbocycles. The molecule has 0 bridgehead atoms. The molecule has 1 atom stereocenters. The minimum absolute atomic E-state index is 0.223. The third-order valence-electron chi connectivity index (χ3n) is 4.86. The summed E-state index contributed by atoms with van der Waals surface area (Å²) in [5.41, 5.74) is 0.0989. The Balaban J connectivity index is 1.96. The van der Waals surface area contributed by atoms with Gasteiger partial charge in [0.25, 0.3) is 0 Å². The molecule has 3 rings (SSSR count). The summed E-state index contributed by atoms with van der Waals surface area (Å²) in [4.78, 5) is 24.2. The zero-order valence-corrected chi connectivity index (χ0v) is 18.1. The number of carbonyl (C=O) groups excluding carboxylic acids is 1. The minimum atomic E-state index is -1.16. The molecule has 0 spiro atoms. The Morgan fingerprint density at radius 2 is 2.17 bits per heavy atom. The Kier molecular flexibility index (Phi) is 6.86. The molecule has 2 aromatic rings. The van der Waals surface area contributed by atoms with Crippen molar-refractivity contribution in [1.82, 2.24) is 15.3 Å². The quantitative estimate of drug-likeness (QED) is 0.587. The van der Waals surface area contributed by atoms with E-state index < -0.39 is 5.60 Å². The third kappa shape index (κ3) is 5.88. The number of aliphatic hydroxyl groups is 1. The van der Waals surface area contributed by atoms with Gasteiger partial charge in [0, 0.05) is 43.6 Å². The van der Waals surface area contributed by atoms with E-state index in [0.717, 1.165) is 31.9 Å². The molecule has 0 saturated carbocycles. The van der Waals surface area contributed by atoms with Crippen LogP contribution in [0.2, 0.25) is 0 Å². The first-order valence-electron chi connectivity index (χ1n) is 10.4. The fourth-order valence-electron chi connectivity index (χ4n) is 3.51. The van der Waals surface area contributed by atoms with Crippen LogP contribution in [0.3, 0.4) is 0 Å². The molecule has 3 heterocycles. The Morgan fingerprint density at radius 3 is 2.83 bits per heavy atom. The van der Waals surface area contributed by atoms with Gasteiger partial charge in [0.2, 0.25) is 5.78 Å². The highest BCUT2D eigenvalue weighted by molar-refractivity contribution is 6.09. The van der Waals surface area contributed by atoms with Crippen LogP contribution in [0.15, 0.2) is 36.7 Å². The molecular weight excluding hydrogens is 376 g/mol. The van der Waals surface area contributed by atoms with Gasteiger partial charge in [-0.15, -0.1) is 0 Å². The summed E-state index contributed by atoms with van der Waals surface area (Å²) in [6.45, 7) is 10.2. The highest BCUT2D eigenvalue weighted by atomic mass is 16.3. The maximum Gasteiger partial charge on any atom is 0.214 e. The van der Waals surface area contributed by atoms with Gasteiger partial charge in [0.15, 0.2) is 0 Å². The van der Waals surface area contributed by atoms with Crippen molar-refractivity contribution >= 4 is 11.6 Å². The van der Waals surface area contributed by atoms with Crippen molar-refractivity contribution in [3.8, 4) is 11.8 Å². The van der Waals surface area contributed by atoms with E-state index in [-0.39, 0.29) is 11.5 Å². The molecule has 0 aromatic carbocycles. The lowest BCUT2D eigenvalue weighted by molar-refractivity contribution is 0.103. The van der Waals surface area contributed by atoms with Gasteiger partial charge in [0.1, 0.15) is 17.1 Å². The summed E-state index contributed by atoms with van der Waals surface area (Å²) in [5.74, 6) is 6.88. The SMILES string of the molecule is CC(C)C[C@H]1CN(c2ccc(C#CC(C)(C)O)c(C(=O)c3cccnc3)n2)CCN1. The number of piperazine rings is 1. The molecule has 2 aromatic heterocycles. The molecule has 1 fully saturated rings. The van der Waals surface area contributed by atoms with Crippen molar-refractivity contribution in [2.75, 3.05) is 24.5 Å². The number of hydrogen-bond donors (Lipinski definition) is 2. The summed E-state index contributed by atoms with van der Waals surface area (Å²) in [5, 5.41) is 13.5.